The number of carbonyl (C=O) groups is 1. The number of benzene rings is 1. The first-order chi connectivity index (χ1) is 9.74. The van der Waals surface area contributed by atoms with Gasteiger partial charge in [-0.15, -0.1) is 0 Å². The van der Waals surface area contributed by atoms with Crippen LogP contribution in [-0.2, 0) is 6.54 Å². The topological polar surface area (TPSA) is 51.2 Å². The van der Waals surface area contributed by atoms with E-state index in [1.54, 1.807) is 35.2 Å². The molecule has 0 aliphatic rings. The lowest BCUT2D eigenvalue weighted by Crippen LogP contribution is -3.00. The second kappa shape index (κ2) is 6.45. The van der Waals surface area contributed by atoms with E-state index in [1.165, 1.54) is 0 Å². The summed E-state index contributed by atoms with van der Waals surface area (Å²) in [4.78, 5) is 24.1. The number of Topliss-reactive ketones (excluding diaryl/α,β-unsaturated/α-hetero) is 1. The molecule has 0 saturated heterocycles. The Bertz CT molecular complexity index is 828. The average Bonchev–Trinajstić information content (AvgIpc) is 2.47. The Hall–Kier alpha value is -2.27. The van der Waals surface area contributed by atoms with Crippen molar-refractivity contribution in [3.8, 4) is 0 Å². The Morgan fingerprint density at radius 2 is 1.76 bits per heavy atom. The monoisotopic (exact) mass is 345 g/mol. The van der Waals surface area contributed by atoms with Gasteiger partial charge in [-0.1, -0.05) is 24.3 Å². The summed E-state index contributed by atoms with van der Waals surface area (Å²) in [6.45, 7) is 0.115. The van der Waals surface area contributed by atoms with E-state index in [0.29, 0.717) is 5.58 Å². The van der Waals surface area contributed by atoms with Crippen LogP contribution in [0.1, 0.15) is 10.4 Å². The van der Waals surface area contributed by atoms with Crippen molar-refractivity contribution < 1.29 is 30.8 Å². The number of aromatic nitrogens is 1. The molecule has 2 heterocycles. The van der Waals surface area contributed by atoms with Crippen molar-refractivity contribution in [1.82, 2.24) is 0 Å². The molecule has 0 saturated carbocycles. The first-order valence-electron chi connectivity index (χ1n) is 6.24. The molecular weight excluding hydrogens is 334 g/mol. The maximum atomic E-state index is 12.2. The second-order valence-corrected chi connectivity index (χ2v) is 4.46. The Kier molecular flexibility index (Phi) is 4.65. The smallest absolute Gasteiger partial charge is 0.347 e. The first kappa shape index (κ1) is 15.1. The molecular formula is C16H12BrNO3. The van der Waals surface area contributed by atoms with Gasteiger partial charge >= 0.3 is 5.63 Å². The number of nitrogens with zero attached hydrogens (tertiary/aromatic N) is 1. The van der Waals surface area contributed by atoms with Crippen LogP contribution in [0.4, 0.5) is 0 Å². The van der Waals surface area contributed by atoms with Gasteiger partial charge in [0, 0.05) is 17.5 Å². The molecule has 4 nitrogen and oxygen atoms in total. The molecule has 3 rings (SSSR count). The van der Waals surface area contributed by atoms with Crippen LogP contribution in [0.15, 0.2) is 70.1 Å². The van der Waals surface area contributed by atoms with E-state index in [-0.39, 0.29) is 34.9 Å². The SMILES string of the molecule is O=C(C[n+]1ccccc1)c1cc2ccccc2oc1=O.[Br-]. The molecule has 2 aromatic heterocycles. The quantitative estimate of drug-likeness (QED) is 0.346. The summed E-state index contributed by atoms with van der Waals surface area (Å²) in [6.07, 6.45) is 3.56. The van der Waals surface area contributed by atoms with Crippen LogP contribution < -0.4 is 27.2 Å². The number of rotatable bonds is 3. The molecule has 0 N–H and O–H groups in total. The number of halogens is 1. The lowest BCUT2D eigenvalue weighted by Gasteiger charge is -2.00. The van der Waals surface area contributed by atoms with Crippen molar-refractivity contribution in [3.05, 3.63) is 76.9 Å². The second-order valence-electron chi connectivity index (χ2n) is 4.46. The number of hydrogen-bond acceptors (Lipinski definition) is 3. The normalized spacial score (nSPS) is 10.1. The molecule has 0 aliphatic heterocycles. The maximum Gasteiger partial charge on any atom is 0.347 e. The van der Waals surface area contributed by atoms with Crippen LogP contribution in [0.2, 0.25) is 0 Å². The summed E-state index contributed by atoms with van der Waals surface area (Å²) >= 11 is 0. The Morgan fingerprint density at radius 1 is 1.05 bits per heavy atom. The Morgan fingerprint density at radius 3 is 2.52 bits per heavy atom. The Balaban J connectivity index is 0.00000161. The molecule has 0 amide bonds. The van der Waals surface area contributed by atoms with Gasteiger partial charge in [-0.25, -0.2) is 4.79 Å². The van der Waals surface area contributed by atoms with Crippen LogP contribution in [0.25, 0.3) is 11.0 Å². The highest BCUT2D eigenvalue weighted by Crippen LogP contribution is 2.12. The molecule has 0 aliphatic carbocycles. The van der Waals surface area contributed by atoms with Crippen molar-refractivity contribution >= 4 is 16.8 Å². The zero-order valence-corrected chi connectivity index (χ0v) is 12.6. The van der Waals surface area contributed by atoms with Gasteiger partial charge in [0.25, 0.3) is 0 Å². The molecule has 106 valence electrons. The first-order valence-corrected chi connectivity index (χ1v) is 6.24. The van der Waals surface area contributed by atoms with Gasteiger partial charge in [0.05, 0.1) is 0 Å². The predicted molar refractivity (Wildman–Crippen MR) is 73.5 cm³/mol. The summed E-state index contributed by atoms with van der Waals surface area (Å²) in [6, 6.07) is 14.3. The molecule has 3 aromatic rings. The van der Waals surface area contributed by atoms with Crippen molar-refractivity contribution in [2.45, 2.75) is 6.54 Å². The number of hydrogen-bond donors (Lipinski definition) is 0. The molecule has 0 atom stereocenters. The van der Waals surface area contributed by atoms with Crippen molar-refractivity contribution in [3.63, 3.8) is 0 Å². The largest absolute Gasteiger partial charge is 1.00 e. The van der Waals surface area contributed by atoms with E-state index in [1.807, 2.05) is 30.3 Å². The molecule has 1 aromatic carbocycles. The molecule has 0 spiro atoms. The van der Waals surface area contributed by atoms with Gasteiger partial charge in [-0.05, 0) is 12.1 Å². The number of ketones is 1. The molecule has 21 heavy (non-hydrogen) atoms. The third-order valence-electron chi connectivity index (χ3n) is 3.05. The zero-order valence-electron chi connectivity index (χ0n) is 11.0. The maximum absolute atomic E-state index is 12.2. The standard InChI is InChI=1S/C16H12NO3.BrH/c18-14(11-17-8-4-1-5-9-17)13-10-12-6-2-3-7-15(12)20-16(13)19;/h1-10H,11H2;1H/q+1;/p-1. The number of para-hydroxylation sites is 1. The van der Waals surface area contributed by atoms with Crippen LogP contribution in [0, 0.1) is 0 Å². The Labute approximate surface area is 131 Å². The van der Waals surface area contributed by atoms with Gasteiger partial charge in [0.1, 0.15) is 11.1 Å². The summed E-state index contributed by atoms with van der Waals surface area (Å²) in [5.74, 6) is -0.263. The fourth-order valence-corrected chi connectivity index (χ4v) is 2.05. The van der Waals surface area contributed by atoms with Crippen molar-refractivity contribution in [1.29, 1.82) is 0 Å². The summed E-state index contributed by atoms with van der Waals surface area (Å²) in [5.41, 5.74) is -0.0216. The van der Waals surface area contributed by atoms with Gasteiger partial charge in [-0.2, -0.15) is 4.57 Å². The summed E-state index contributed by atoms with van der Waals surface area (Å²) in [7, 11) is 0. The van der Waals surface area contributed by atoms with E-state index in [4.69, 9.17) is 4.42 Å². The molecule has 0 unspecified atom stereocenters. The molecule has 0 bridgehead atoms. The van der Waals surface area contributed by atoms with Crippen molar-refractivity contribution in [2.75, 3.05) is 0 Å². The summed E-state index contributed by atoms with van der Waals surface area (Å²) < 4.78 is 6.89. The van der Waals surface area contributed by atoms with Crippen molar-refractivity contribution in [2.24, 2.45) is 0 Å². The minimum atomic E-state index is -0.592. The van der Waals surface area contributed by atoms with E-state index >= 15 is 0 Å². The van der Waals surface area contributed by atoms with E-state index in [0.717, 1.165) is 5.39 Å². The highest BCUT2D eigenvalue weighted by atomic mass is 79.9. The number of pyridine rings is 1. The van der Waals surface area contributed by atoms with Crippen LogP contribution in [0.5, 0.6) is 0 Å². The van der Waals surface area contributed by atoms with Gasteiger partial charge in [0.15, 0.2) is 12.4 Å². The molecule has 5 heteroatoms. The fourth-order valence-electron chi connectivity index (χ4n) is 2.05. The van der Waals surface area contributed by atoms with Crippen LogP contribution >= 0.6 is 0 Å². The number of carbonyl (C=O) groups excluding carboxylic acids is 1. The van der Waals surface area contributed by atoms with Crippen LogP contribution in [0.3, 0.4) is 0 Å². The third-order valence-corrected chi connectivity index (χ3v) is 3.05. The highest BCUT2D eigenvalue weighted by Gasteiger charge is 2.17. The minimum absolute atomic E-state index is 0. The highest BCUT2D eigenvalue weighted by molar-refractivity contribution is 5.97. The lowest BCUT2D eigenvalue weighted by atomic mass is 10.1. The lowest BCUT2D eigenvalue weighted by molar-refractivity contribution is -0.683. The molecule has 0 radical (unpaired) electrons. The fraction of sp³-hybridized carbons (Fsp3) is 0.0625. The van der Waals surface area contributed by atoms with Gasteiger partial charge < -0.3 is 21.4 Å². The van der Waals surface area contributed by atoms with Gasteiger partial charge in [-0.3, -0.25) is 4.79 Å². The van der Waals surface area contributed by atoms with E-state index in [9.17, 15) is 9.59 Å². The van der Waals surface area contributed by atoms with Gasteiger partial charge in [0.2, 0.25) is 12.3 Å². The average molecular weight is 346 g/mol. The summed E-state index contributed by atoms with van der Waals surface area (Å²) in [5, 5.41) is 0.744. The van der Waals surface area contributed by atoms with E-state index < -0.39 is 5.63 Å². The minimum Gasteiger partial charge on any atom is -1.00 e. The number of fused-ring (bicyclic) bond motifs is 1. The third kappa shape index (κ3) is 3.25. The predicted octanol–water partition coefficient (Wildman–Crippen LogP) is -1.03. The van der Waals surface area contributed by atoms with Crippen LogP contribution in [-0.4, -0.2) is 5.78 Å². The van der Waals surface area contributed by atoms with E-state index in [2.05, 4.69) is 0 Å². The zero-order chi connectivity index (χ0) is 13.9. The molecule has 0 fully saturated rings.